The second kappa shape index (κ2) is 9.02. The third-order valence-corrected chi connectivity index (χ3v) is 4.62. The minimum Gasteiger partial charge on any atom is -0.478 e. The number of carbonyl (C=O) groups is 2. The molecule has 3 N–H and O–H groups in total. The van der Waals surface area contributed by atoms with Crippen molar-refractivity contribution in [2.45, 2.75) is 0 Å². The Morgan fingerprint density at radius 1 is 1.00 bits per heavy atom. The number of amides is 1. The lowest BCUT2D eigenvalue weighted by molar-refractivity contribution is -0.394. The van der Waals surface area contributed by atoms with E-state index in [-0.39, 0.29) is 21.9 Å². The van der Waals surface area contributed by atoms with Crippen LogP contribution in [0.3, 0.4) is 0 Å². The summed E-state index contributed by atoms with van der Waals surface area (Å²) in [4.78, 5) is 43.9. The van der Waals surface area contributed by atoms with Crippen molar-refractivity contribution in [3.05, 3.63) is 70.6 Å². The van der Waals surface area contributed by atoms with Crippen molar-refractivity contribution in [2.75, 3.05) is 5.32 Å². The monoisotopic (exact) mass is 546 g/mol. The molecule has 2 aromatic rings. The molecule has 2 aromatic carbocycles. The Balaban J connectivity index is 2.29. The molecule has 1 amide bonds. The SMILES string of the molecule is O=C(NC(=S)Nc1c(Br)cc(Br)cc1C(=O)O)c1cc([N+](=O)[O-])cc([N+](=O)[O-])c1. The van der Waals surface area contributed by atoms with Crippen LogP contribution in [0.1, 0.15) is 20.7 Å². The van der Waals surface area contributed by atoms with Crippen LogP contribution >= 0.6 is 44.1 Å². The third-order valence-electron chi connectivity index (χ3n) is 3.34. The molecule has 0 aliphatic carbocycles. The summed E-state index contributed by atoms with van der Waals surface area (Å²) < 4.78 is 0.804. The second-order valence-corrected chi connectivity index (χ2v) is 7.45. The molecule has 0 heterocycles. The number of nitro benzene ring substituents is 2. The molecule has 0 aliphatic rings. The van der Waals surface area contributed by atoms with Gasteiger partial charge < -0.3 is 10.4 Å². The number of halogens is 2. The minimum atomic E-state index is -1.27. The van der Waals surface area contributed by atoms with Gasteiger partial charge in [0, 0.05) is 21.1 Å². The average molecular weight is 548 g/mol. The molecule has 0 aromatic heterocycles. The number of anilines is 1. The van der Waals surface area contributed by atoms with Gasteiger partial charge in [0.05, 0.1) is 32.7 Å². The van der Waals surface area contributed by atoms with E-state index in [4.69, 9.17) is 12.2 Å². The Kier molecular flexibility index (Phi) is 6.94. The van der Waals surface area contributed by atoms with Crippen molar-refractivity contribution in [2.24, 2.45) is 0 Å². The van der Waals surface area contributed by atoms with Crippen LogP contribution in [0.15, 0.2) is 39.3 Å². The highest BCUT2D eigenvalue weighted by atomic mass is 79.9. The number of non-ortho nitro benzene ring substituents is 2. The largest absolute Gasteiger partial charge is 0.478 e. The summed E-state index contributed by atoms with van der Waals surface area (Å²) >= 11 is 11.3. The molecule has 0 spiro atoms. The first-order valence-corrected chi connectivity index (χ1v) is 9.27. The average Bonchev–Trinajstić information content (AvgIpc) is 2.62. The van der Waals surface area contributed by atoms with Crippen molar-refractivity contribution >= 4 is 78.1 Å². The van der Waals surface area contributed by atoms with E-state index in [9.17, 15) is 34.9 Å². The summed E-state index contributed by atoms with van der Waals surface area (Å²) in [5, 5.41) is 35.6. The van der Waals surface area contributed by atoms with E-state index in [1.54, 1.807) is 6.07 Å². The molecule has 150 valence electrons. The van der Waals surface area contributed by atoms with Crippen molar-refractivity contribution in [1.82, 2.24) is 5.32 Å². The fourth-order valence-electron chi connectivity index (χ4n) is 2.13. The van der Waals surface area contributed by atoms with E-state index in [0.29, 0.717) is 15.0 Å². The van der Waals surface area contributed by atoms with Crippen LogP contribution in [0.2, 0.25) is 0 Å². The third kappa shape index (κ3) is 5.52. The number of nitrogens with one attached hydrogen (secondary N) is 2. The molecule has 2 rings (SSSR count). The van der Waals surface area contributed by atoms with E-state index in [0.717, 1.165) is 12.1 Å². The van der Waals surface area contributed by atoms with Gasteiger partial charge >= 0.3 is 5.97 Å². The number of rotatable bonds is 5. The molecule has 29 heavy (non-hydrogen) atoms. The number of carboxylic acid groups (broad SMARTS) is 1. The van der Waals surface area contributed by atoms with Gasteiger partial charge in [0.1, 0.15) is 0 Å². The molecule has 11 nitrogen and oxygen atoms in total. The maximum absolute atomic E-state index is 12.3. The van der Waals surface area contributed by atoms with Gasteiger partial charge in [-0.15, -0.1) is 0 Å². The van der Waals surface area contributed by atoms with Crippen molar-refractivity contribution in [3.63, 3.8) is 0 Å². The van der Waals surface area contributed by atoms with Gasteiger partial charge in [-0.2, -0.15) is 0 Å². The Labute approximate surface area is 183 Å². The number of nitrogens with zero attached hydrogens (tertiary/aromatic N) is 2. The predicted octanol–water partition coefficient (Wildman–Crippen LogP) is 3.85. The van der Waals surface area contributed by atoms with Crippen LogP contribution in [-0.4, -0.2) is 31.9 Å². The van der Waals surface area contributed by atoms with E-state index >= 15 is 0 Å². The van der Waals surface area contributed by atoms with Crippen molar-refractivity contribution in [3.8, 4) is 0 Å². The molecule has 0 unspecified atom stereocenters. The first kappa shape index (κ1) is 22.3. The summed E-state index contributed by atoms with van der Waals surface area (Å²) in [7, 11) is 0. The lowest BCUT2D eigenvalue weighted by Gasteiger charge is -2.14. The number of hydrogen-bond acceptors (Lipinski definition) is 7. The van der Waals surface area contributed by atoms with Crippen LogP contribution in [-0.2, 0) is 0 Å². The zero-order valence-corrected chi connectivity index (χ0v) is 17.8. The Bertz CT molecular complexity index is 1040. The fraction of sp³-hybridized carbons (Fsp3) is 0. The van der Waals surface area contributed by atoms with Crippen molar-refractivity contribution in [1.29, 1.82) is 0 Å². The highest BCUT2D eigenvalue weighted by Gasteiger charge is 2.21. The molecule has 0 radical (unpaired) electrons. The van der Waals surface area contributed by atoms with Gasteiger partial charge in [0.2, 0.25) is 0 Å². The van der Waals surface area contributed by atoms with Crippen LogP contribution in [0.25, 0.3) is 0 Å². The van der Waals surface area contributed by atoms with E-state index in [1.807, 2.05) is 0 Å². The van der Waals surface area contributed by atoms with Gasteiger partial charge in [0.25, 0.3) is 17.3 Å². The number of carboxylic acids is 1. The van der Waals surface area contributed by atoms with Crippen LogP contribution in [0, 0.1) is 20.2 Å². The van der Waals surface area contributed by atoms with Crippen LogP contribution in [0.5, 0.6) is 0 Å². The van der Waals surface area contributed by atoms with Gasteiger partial charge in [0.15, 0.2) is 5.11 Å². The lowest BCUT2D eigenvalue weighted by atomic mass is 10.1. The molecule has 0 fully saturated rings. The molecule has 0 saturated heterocycles. The second-order valence-electron chi connectivity index (χ2n) is 5.28. The number of aromatic carboxylic acids is 1. The quantitative estimate of drug-likeness (QED) is 0.286. The Morgan fingerprint density at radius 2 is 1.55 bits per heavy atom. The normalized spacial score (nSPS) is 10.1. The zero-order chi connectivity index (χ0) is 21.9. The highest BCUT2D eigenvalue weighted by Crippen LogP contribution is 2.31. The Morgan fingerprint density at radius 3 is 2.03 bits per heavy atom. The van der Waals surface area contributed by atoms with Gasteiger partial charge in [-0.25, -0.2) is 4.79 Å². The number of carbonyl (C=O) groups excluding carboxylic acids is 1. The highest BCUT2D eigenvalue weighted by molar-refractivity contribution is 9.11. The molecule has 0 bridgehead atoms. The summed E-state index contributed by atoms with van der Waals surface area (Å²) in [6.07, 6.45) is 0. The molecular weight excluding hydrogens is 540 g/mol. The number of hydrogen-bond donors (Lipinski definition) is 3. The molecule has 0 saturated carbocycles. The van der Waals surface area contributed by atoms with E-state index < -0.39 is 33.1 Å². The summed E-state index contributed by atoms with van der Waals surface area (Å²) in [5.41, 5.74) is -1.77. The first-order valence-electron chi connectivity index (χ1n) is 7.28. The smallest absolute Gasteiger partial charge is 0.337 e. The molecule has 14 heteroatoms. The minimum absolute atomic E-state index is 0.0519. The van der Waals surface area contributed by atoms with E-state index in [2.05, 4.69) is 42.5 Å². The summed E-state index contributed by atoms with van der Waals surface area (Å²) in [5.74, 6) is -2.22. The van der Waals surface area contributed by atoms with Gasteiger partial charge in [-0.1, -0.05) is 15.9 Å². The molecule has 0 aliphatic heterocycles. The lowest BCUT2D eigenvalue weighted by Crippen LogP contribution is -2.34. The maximum Gasteiger partial charge on any atom is 0.337 e. The maximum atomic E-state index is 12.3. The molecular formula is C15H8Br2N4O7S. The standard InChI is InChI=1S/C15H8Br2N4O7S/c16-7-3-10(14(23)24)12(11(17)4-7)18-15(29)19-13(22)6-1-8(20(25)26)5-9(2-6)21(27)28/h1-5H,(H,23,24)(H2,18,19,22,29). The van der Waals surface area contributed by atoms with Gasteiger partial charge in [-0.3, -0.25) is 30.3 Å². The summed E-state index contributed by atoms with van der Waals surface area (Å²) in [6, 6.07) is 5.27. The first-order chi connectivity index (χ1) is 13.5. The van der Waals surface area contributed by atoms with Crippen LogP contribution in [0.4, 0.5) is 17.1 Å². The van der Waals surface area contributed by atoms with E-state index in [1.165, 1.54) is 6.07 Å². The Hall–Kier alpha value is -2.97. The number of nitro groups is 2. The molecule has 0 atom stereocenters. The van der Waals surface area contributed by atoms with Crippen LogP contribution < -0.4 is 10.6 Å². The zero-order valence-electron chi connectivity index (χ0n) is 13.8. The number of benzene rings is 2. The fourth-order valence-corrected chi connectivity index (χ4v) is 3.65. The van der Waals surface area contributed by atoms with Crippen molar-refractivity contribution < 1.29 is 24.5 Å². The summed E-state index contributed by atoms with van der Waals surface area (Å²) in [6.45, 7) is 0. The topological polar surface area (TPSA) is 165 Å². The number of thiocarbonyl (C=S) groups is 1. The van der Waals surface area contributed by atoms with Gasteiger partial charge in [-0.05, 0) is 40.3 Å². The predicted molar refractivity (Wildman–Crippen MR) is 112 cm³/mol.